The number of carbonyl (C=O) groups is 1. The molecule has 0 aliphatic heterocycles. The van der Waals surface area contributed by atoms with Crippen LogP contribution in [0.15, 0.2) is 73.3 Å². The Morgan fingerprint density at radius 3 is 2.39 bits per heavy atom. The quantitative estimate of drug-likeness (QED) is 0.729. The van der Waals surface area contributed by atoms with Gasteiger partial charge in [-0.15, -0.1) is 0 Å². The summed E-state index contributed by atoms with van der Waals surface area (Å²) in [6.07, 6.45) is 5.09. The molecule has 2 N–H and O–H groups in total. The molecule has 116 valence electrons. The largest absolute Gasteiger partial charge is 0.481 e. The van der Waals surface area contributed by atoms with Crippen molar-refractivity contribution in [2.45, 2.75) is 12.5 Å². The molecular weight excluding hydrogens is 290 g/mol. The fourth-order valence-electron chi connectivity index (χ4n) is 2.49. The lowest BCUT2D eigenvalue weighted by atomic mass is 10.0. The van der Waals surface area contributed by atoms with Gasteiger partial charge < -0.3 is 15.0 Å². The summed E-state index contributed by atoms with van der Waals surface area (Å²) in [5.74, 6) is -0.838. The molecule has 0 fully saturated rings. The van der Waals surface area contributed by atoms with Gasteiger partial charge in [-0.25, -0.2) is 4.98 Å². The highest BCUT2D eigenvalue weighted by Crippen LogP contribution is 2.24. The summed E-state index contributed by atoms with van der Waals surface area (Å²) >= 11 is 0. The van der Waals surface area contributed by atoms with Crippen LogP contribution in [0.4, 0.5) is 11.4 Å². The van der Waals surface area contributed by atoms with Crippen molar-refractivity contribution in [1.82, 2.24) is 9.55 Å². The van der Waals surface area contributed by atoms with E-state index in [1.807, 2.05) is 59.2 Å². The van der Waals surface area contributed by atoms with E-state index in [-0.39, 0.29) is 12.5 Å². The van der Waals surface area contributed by atoms with Gasteiger partial charge in [0.2, 0.25) is 0 Å². The van der Waals surface area contributed by atoms with Crippen molar-refractivity contribution in [2.75, 3.05) is 5.32 Å². The topological polar surface area (TPSA) is 67.2 Å². The zero-order chi connectivity index (χ0) is 16.1. The summed E-state index contributed by atoms with van der Waals surface area (Å²) in [5, 5.41) is 12.5. The minimum Gasteiger partial charge on any atom is -0.481 e. The standard InChI is InChI=1S/C18H17N3O2/c22-18(23)12-17(21-11-10-19-13-21)14-6-8-16(9-7-14)20-15-4-2-1-3-5-15/h1-11,13,17,20H,12H2,(H,22,23). The van der Waals surface area contributed by atoms with Gasteiger partial charge in [0.1, 0.15) is 0 Å². The Hall–Kier alpha value is -3.08. The maximum atomic E-state index is 11.1. The first-order chi connectivity index (χ1) is 11.2. The first kappa shape index (κ1) is 14.8. The van der Waals surface area contributed by atoms with Crippen molar-refractivity contribution in [3.8, 4) is 0 Å². The number of imidazole rings is 1. The van der Waals surface area contributed by atoms with Crippen LogP contribution in [0.5, 0.6) is 0 Å². The highest BCUT2D eigenvalue weighted by atomic mass is 16.4. The van der Waals surface area contributed by atoms with E-state index in [0.717, 1.165) is 16.9 Å². The molecule has 0 amide bonds. The number of aliphatic carboxylic acids is 1. The van der Waals surface area contributed by atoms with E-state index in [0.29, 0.717) is 0 Å². The van der Waals surface area contributed by atoms with Gasteiger partial charge in [-0.3, -0.25) is 4.79 Å². The molecule has 23 heavy (non-hydrogen) atoms. The number of rotatable bonds is 6. The number of hydrogen-bond acceptors (Lipinski definition) is 3. The number of para-hydroxylation sites is 1. The Morgan fingerprint density at radius 2 is 1.78 bits per heavy atom. The van der Waals surface area contributed by atoms with Crippen LogP contribution in [0.3, 0.4) is 0 Å². The van der Waals surface area contributed by atoms with Crippen molar-refractivity contribution in [2.24, 2.45) is 0 Å². The van der Waals surface area contributed by atoms with Crippen molar-refractivity contribution >= 4 is 17.3 Å². The summed E-state index contributed by atoms with van der Waals surface area (Å²) in [6, 6.07) is 17.4. The summed E-state index contributed by atoms with van der Waals surface area (Å²) in [6.45, 7) is 0. The van der Waals surface area contributed by atoms with Gasteiger partial charge >= 0.3 is 5.97 Å². The SMILES string of the molecule is O=C(O)CC(c1ccc(Nc2ccccc2)cc1)n1ccnc1. The van der Waals surface area contributed by atoms with E-state index in [1.165, 1.54) is 0 Å². The van der Waals surface area contributed by atoms with E-state index in [1.54, 1.807) is 18.7 Å². The van der Waals surface area contributed by atoms with Gasteiger partial charge in [-0.05, 0) is 29.8 Å². The third kappa shape index (κ3) is 3.77. The lowest BCUT2D eigenvalue weighted by molar-refractivity contribution is -0.137. The molecule has 5 heteroatoms. The number of hydrogen-bond donors (Lipinski definition) is 2. The number of carboxylic acids is 1. The lowest BCUT2D eigenvalue weighted by Gasteiger charge is -2.17. The van der Waals surface area contributed by atoms with Gasteiger partial charge in [0.05, 0.1) is 18.8 Å². The minimum absolute atomic E-state index is 0.0157. The van der Waals surface area contributed by atoms with E-state index >= 15 is 0 Å². The second-order valence-electron chi connectivity index (χ2n) is 5.24. The predicted octanol–water partition coefficient (Wildman–Crippen LogP) is 3.69. The fraction of sp³-hybridized carbons (Fsp3) is 0.111. The average molecular weight is 307 g/mol. The van der Waals surface area contributed by atoms with Crippen LogP contribution in [0.2, 0.25) is 0 Å². The molecule has 3 aromatic rings. The number of nitrogens with zero attached hydrogens (tertiary/aromatic N) is 2. The van der Waals surface area contributed by atoms with Gasteiger partial charge in [-0.1, -0.05) is 30.3 Å². The van der Waals surface area contributed by atoms with Crippen LogP contribution >= 0.6 is 0 Å². The maximum absolute atomic E-state index is 11.1. The molecule has 0 aliphatic rings. The Morgan fingerprint density at radius 1 is 1.09 bits per heavy atom. The Balaban J connectivity index is 1.80. The van der Waals surface area contributed by atoms with Crippen LogP contribution in [0.25, 0.3) is 0 Å². The molecule has 3 rings (SSSR count). The number of benzene rings is 2. The maximum Gasteiger partial charge on any atom is 0.305 e. The van der Waals surface area contributed by atoms with Crippen molar-refractivity contribution in [3.05, 3.63) is 78.9 Å². The monoisotopic (exact) mass is 307 g/mol. The van der Waals surface area contributed by atoms with Crippen LogP contribution < -0.4 is 5.32 Å². The molecule has 0 bridgehead atoms. The molecule has 1 heterocycles. The van der Waals surface area contributed by atoms with E-state index in [9.17, 15) is 4.79 Å². The van der Waals surface area contributed by atoms with Crippen LogP contribution in [0, 0.1) is 0 Å². The summed E-state index contributed by atoms with van der Waals surface area (Å²) in [7, 11) is 0. The fourth-order valence-corrected chi connectivity index (χ4v) is 2.49. The molecule has 2 aromatic carbocycles. The van der Waals surface area contributed by atoms with E-state index in [2.05, 4.69) is 10.3 Å². The molecule has 1 aromatic heterocycles. The highest BCUT2D eigenvalue weighted by Gasteiger charge is 2.17. The number of aromatic nitrogens is 2. The summed E-state index contributed by atoms with van der Waals surface area (Å²) in [5.41, 5.74) is 2.90. The normalized spacial score (nSPS) is 11.8. The molecule has 1 unspecified atom stereocenters. The zero-order valence-corrected chi connectivity index (χ0v) is 12.5. The smallest absolute Gasteiger partial charge is 0.305 e. The van der Waals surface area contributed by atoms with Crippen molar-refractivity contribution in [3.63, 3.8) is 0 Å². The van der Waals surface area contributed by atoms with Crippen LogP contribution in [-0.2, 0) is 4.79 Å². The molecule has 0 spiro atoms. The van der Waals surface area contributed by atoms with Crippen molar-refractivity contribution < 1.29 is 9.90 Å². The third-order valence-electron chi connectivity index (χ3n) is 3.61. The van der Waals surface area contributed by atoms with Gasteiger partial charge in [0.25, 0.3) is 0 Å². The minimum atomic E-state index is -0.838. The number of anilines is 2. The van der Waals surface area contributed by atoms with Gasteiger partial charge in [-0.2, -0.15) is 0 Å². The Labute approximate surface area is 134 Å². The molecule has 0 saturated heterocycles. The zero-order valence-electron chi connectivity index (χ0n) is 12.5. The Bertz CT molecular complexity index is 753. The molecule has 5 nitrogen and oxygen atoms in total. The second-order valence-corrected chi connectivity index (χ2v) is 5.24. The average Bonchev–Trinajstić information content (AvgIpc) is 3.08. The number of carboxylic acid groups (broad SMARTS) is 1. The first-order valence-corrected chi connectivity index (χ1v) is 7.33. The van der Waals surface area contributed by atoms with Gasteiger partial charge in [0, 0.05) is 23.8 Å². The molecule has 0 radical (unpaired) electrons. The number of nitrogens with one attached hydrogen (secondary N) is 1. The summed E-state index contributed by atoms with van der Waals surface area (Å²) in [4.78, 5) is 15.1. The van der Waals surface area contributed by atoms with E-state index in [4.69, 9.17) is 5.11 Å². The van der Waals surface area contributed by atoms with Crippen LogP contribution in [0.1, 0.15) is 18.0 Å². The van der Waals surface area contributed by atoms with E-state index < -0.39 is 5.97 Å². The molecular formula is C18H17N3O2. The summed E-state index contributed by atoms with van der Waals surface area (Å²) < 4.78 is 1.81. The van der Waals surface area contributed by atoms with Crippen molar-refractivity contribution in [1.29, 1.82) is 0 Å². The highest BCUT2D eigenvalue weighted by molar-refractivity contribution is 5.68. The second kappa shape index (κ2) is 6.79. The molecule has 1 atom stereocenters. The van der Waals surface area contributed by atoms with Gasteiger partial charge in [0.15, 0.2) is 0 Å². The molecule has 0 saturated carbocycles. The van der Waals surface area contributed by atoms with Crippen LogP contribution in [-0.4, -0.2) is 20.6 Å². The lowest BCUT2D eigenvalue weighted by Crippen LogP contribution is -2.13. The molecule has 0 aliphatic carbocycles. The third-order valence-corrected chi connectivity index (χ3v) is 3.61. The first-order valence-electron chi connectivity index (χ1n) is 7.33. The Kier molecular flexibility index (Phi) is 4.38. The predicted molar refractivity (Wildman–Crippen MR) is 88.8 cm³/mol.